The normalized spacial score (nSPS) is 11.7. The summed E-state index contributed by atoms with van der Waals surface area (Å²) in [5.41, 5.74) is 44.8. The molecule has 12 N–H and O–H groups in total. The monoisotopic (exact) mass is 1500 g/mol. The first-order valence-corrected chi connectivity index (χ1v) is 39.6. The summed E-state index contributed by atoms with van der Waals surface area (Å²) < 4.78 is 11.3. The number of aromatic nitrogens is 15. The van der Waals surface area contributed by atoms with Gasteiger partial charge in [0.15, 0.2) is 29.1 Å². The van der Waals surface area contributed by atoms with Crippen LogP contribution in [0.2, 0.25) is 0 Å². The van der Waals surface area contributed by atoms with E-state index in [4.69, 9.17) is 53.6 Å². The summed E-state index contributed by atoms with van der Waals surface area (Å²) in [4.78, 5) is 52.7. The number of nitrogens with two attached hydrogens (primary N) is 5. The molecule has 0 fully saturated rings. The maximum Gasteiger partial charge on any atom is 0.206 e. The minimum atomic E-state index is 0.495. The molecule has 0 bridgehead atoms. The third-order valence-corrected chi connectivity index (χ3v) is 19.2. The predicted molar refractivity (Wildman–Crippen MR) is 470 cm³/mol. The fourth-order valence-corrected chi connectivity index (χ4v) is 14.3. The Bertz CT molecular complexity index is 5690. The molecule has 0 amide bonds. The molecule has 0 saturated carbocycles. The number of hydrogen-bond donors (Lipinski definition) is 7. The summed E-state index contributed by atoms with van der Waals surface area (Å²) in [6, 6.07) is 40.6. The highest BCUT2D eigenvalue weighted by atomic mass is 15.3. The summed E-state index contributed by atoms with van der Waals surface area (Å²) in [6.07, 6.45) is 4.42. The van der Waals surface area contributed by atoms with Crippen LogP contribution in [0.15, 0.2) is 121 Å². The van der Waals surface area contributed by atoms with Crippen molar-refractivity contribution in [2.75, 3.05) is 108 Å². The van der Waals surface area contributed by atoms with Gasteiger partial charge in [-0.15, -0.1) is 0 Å². The van der Waals surface area contributed by atoms with Gasteiger partial charge in [0.05, 0.1) is 55.2 Å². The van der Waals surface area contributed by atoms with Gasteiger partial charge in [0, 0.05) is 114 Å². The van der Waals surface area contributed by atoms with E-state index in [-0.39, 0.29) is 0 Å². The third-order valence-electron chi connectivity index (χ3n) is 19.2. The fourth-order valence-electron chi connectivity index (χ4n) is 14.3. The van der Waals surface area contributed by atoms with Gasteiger partial charge >= 0.3 is 0 Å². The third kappa shape index (κ3) is 17.4. The summed E-state index contributed by atoms with van der Waals surface area (Å²) in [7, 11) is 8.16. The molecule has 0 atom stereocenters. The van der Waals surface area contributed by atoms with Gasteiger partial charge in [0.1, 0.15) is 27.6 Å². The molecule has 25 nitrogen and oxygen atoms in total. The summed E-state index contributed by atoms with van der Waals surface area (Å²) in [5.74, 6) is 9.74. The van der Waals surface area contributed by atoms with Crippen molar-refractivity contribution >= 4 is 169 Å². The maximum atomic E-state index is 6.20. The van der Waals surface area contributed by atoms with E-state index in [2.05, 4.69) is 210 Å². The van der Waals surface area contributed by atoms with Gasteiger partial charge < -0.3 is 76.8 Å². The molecular formula is C86H117N25. The van der Waals surface area contributed by atoms with Gasteiger partial charge in [0.2, 0.25) is 29.7 Å². The number of nitrogen functional groups attached to an aromatic ring is 5. The highest BCUT2D eigenvalue weighted by molar-refractivity contribution is 6.11. The molecule has 0 radical (unpaired) electrons. The minimum absolute atomic E-state index is 0.495. The zero-order valence-electron chi connectivity index (χ0n) is 68.6. The van der Waals surface area contributed by atoms with Gasteiger partial charge in [0.25, 0.3) is 0 Å². The summed E-state index contributed by atoms with van der Waals surface area (Å²) in [5, 5.41) is 12.4. The molecule has 111 heavy (non-hydrogen) atoms. The van der Waals surface area contributed by atoms with Crippen LogP contribution in [0.4, 0.5) is 58.8 Å². The SMILES string of the molecule is CC(C)Cn1c(N(C)C)nc2c(N)nc3ccccc3c21.CCCCNc1nc2c(N)nc3ccccc3c2n1CC(C)C.CCCN(C)c1nc2c(N)nc3ccccc3c2n1CC(C)C.CCCNc1nc2c(N)nc3ccccc3c2n1CC(C)C.CCN(C)c1nc2c(N)nc3ccccc3c2n1CC(C)C. The van der Waals surface area contributed by atoms with E-state index in [0.29, 0.717) is 58.7 Å². The first-order valence-electron chi connectivity index (χ1n) is 39.6. The molecule has 15 rings (SSSR count). The van der Waals surface area contributed by atoms with Crippen molar-refractivity contribution < 1.29 is 0 Å². The number of benzene rings is 5. The second kappa shape index (κ2) is 35.5. The van der Waals surface area contributed by atoms with E-state index in [1.54, 1.807) is 0 Å². The van der Waals surface area contributed by atoms with E-state index < -0.39 is 0 Å². The molecule has 0 aliphatic heterocycles. The highest BCUT2D eigenvalue weighted by Crippen LogP contribution is 2.38. The average Bonchev–Trinajstić information content (AvgIpc) is 1.65. The maximum absolute atomic E-state index is 6.20. The van der Waals surface area contributed by atoms with E-state index in [1.165, 1.54) is 0 Å². The van der Waals surface area contributed by atoms with Gasteiger partial charge in [-0.1, -0.05) is 187 Å². The number of anilines is 10. The Kier molecular flexibility index (Phi) is 25.7. The summed E-state index contributed by atoms with van der Waals surface area (Å²) >= 11 is 0. The van der Waals surface area contributed by atoms with Gasteiger partial charge in [-0.25, -0.2) is 49.8 Å². The average molecular weight is 1500 g/mol. The summed E-state index contributed by atoms with van der Waals surface area (Å²) in [6.45, 7) is 39.0. The van der Waals surface area contributed by atoms with Crippen molar-refractivity contribution in [1.29, 1.82) is 0 Å². The molecule has 25 heteroatoms. The minimum Gasteiger partial charge on any atom is -0.382 e. The van der Waals surface area contributed by atoms with Crippen LogP contribution < -0.4 is 54.0 Å². The quantitative estimate of drug-likeness (QED) is 0.0293. The molecule has 10 heterocycles. The van der Waals surface area contributed by atoms with Crippen LogP contribution in [-0.4, -0.2) is 127 Å². The number of nitrogens with zero attached hydrogens (tertiary/aromatic N) is 18. The molecule has 0 spiro atoms. The van der Waals surface area contributed by atoms with Crippen LogP contribution in [0.5, 0.6) is 0 Å². The van der Waals surface area contributed by atoms with Crippen molar-refractivity contribution in [1.82, 2.24) is 72.7 Å². The number of unbranched alkanes of at least 4 members (excludes halogenated alkanes) is 1. The lowest BCUT2D eigenvalue weighted by Crippen LogP contribution is -2.23. The Morgan fingerprint density at radius 3 is 0.874 bits per heavy atom. The lowest BCUT2D eigenvalue weighted by molar-refractivity contribution is 0.531. The van der Waals surface area contributed by atoms with E-state index in [9.17, 15) is 0 Å². The molecule has 15 aromatic rings. The van der Waals surface area contributed by atoms with Crippen LogP contribution in [0.1, 0.15) is 123 Å². The van der Waals surface area contributed by atoms with Gasteiger partial charge in [-0.2, -0.15) is 0 Å². The standard InChI is InChI=1S/2C18H25N5.2C17H23N5.C16H21N5/c1-5-10-22(4)18-21-15-16(23(18)11-12(2)3)13-8-6-7-9-14(13)20-17(15)19;1-4-5-10-20-18-22-15-16(23(18)11-12(2)3)13-8-6-7-9-14(13)21-17(15)19;1-5-21(4)17-20-14-15(22(17)10-11(2)3)12-8-6-7-9-13(12)19-16(14)18;1-4-9-19-17-21-14-15(22(17)10-11(2)3)12-7-5-6-8-13(12)20-16(14)18;1-10(2)9-21-14-11-7-5-6-8-12(11)18-15(17)13(14)19-16(21)20(3)4/h6-9,12H,5,10-11H2,1-4H3,(H2,19,20);6-9,12H,4-5,10-11H2,1-3H3,(H2,19,21)(H,20,22);6-9,11H,5,10H2,1-4H3,(H2,18,19);5-8,11H,4,9-10H2,1-3H3,(H2,18,20)(H,19,21);5-8,10H,9H2,1-4H3,(H2,17,18). The Hall–Kier alpha value is -11.5. The number of fused-ring (bicyclic) bond motifs is 15. The first kappa shape index (κ1) is 80.5. The van der Waals surface area contributed by atoms with E-state index in [0.717, 1.165) is 224 Å². The van der Waals surface area contributed by atoms with Crippen LogP contribution >= 0.6 is 0 Å². The molecule has 0 aliphatic carbocycles. The van der Waals surface area contributed by atoms with E-state index in [1.807, 2.05) is 110 Å². The van der Waals surface area contributed by atoms with Crippen LogP contribution in [-0.2, 0) is 32.7 Å². The van der Waals surface area contributed by atoms with Crippen molar-refractivity contribution in [3.63, 3.8) is 0 Å². The predicted octanol–water partition coefficient (Wildman–Crippen LogP) is 17.5. The number of pyridine rings is 5. The van der Waals surface area contributed by atoms with Gasteiger partial charge in [-0.3, -0.25) is 0 Å². The van der Waals surface area contributed by atoms with Crippen LogP contribution in [0.3, 0.4) is 0 Å². The Morgan fingerprint density at radius 2 is 0.586 bits per heavy atom. The van der Waals surface area contributed by atoms with E-state index >= 15 is 0 Å². The smallest absolute Gasteiger partial charge is 0.206 e. The zero-order valence-corrected chi connectivity index (χ0v) is 68.6. The Morgan fingerprint density at radius 1 is 0.315 bits per heavy atom. The molecule has 0 unspecified atom stereocenters. The molecular weight excluding hydrogens is 1380 g/mol. The first-order chi connectivity index (χ1) is 53.3. The van der Waals surface area contributed by atoms with Crippen molar-refractivity contribution in [2.45, 2.75) is 155 Å². The van der Waals surface area contributed by atoms with Gasteiger partial charge in [-0.05, 0) is 86.1 Å². The molecule has 5 aromatic carbocycles. The Labute approximate surface area is 652 Å². The molecule has 0 saturated heterocycles. The second-order valence-corrected chi connectivity index (χ2v) is 31.2. The zero-order chi connectivity index (χ0) is 79.6. The lowest BCUT2D eigenvalue weighted by atomic mass is 10.1. The molecule has 586 valence electrons. The fraction of sp³-hybridized carbons (Fsp3) is 0.419. The number of imidazole rings is 5. The van der Waals surface area contributed by atoms with Crippen molar-refractivity contribution in [3.05, 3.63) is 121 Å². The Balaban J connectivity index is 0.000000137. The van der Waals surface area contributed by atoms with Crippen molar-refractivity contribution in [3.8, 4) is 0 Å². The molecule has 0 aliphatic rings. The molecule has 10 aromatic heterocycles. The number of rotatable bonds is 23. The lowest BCUT2D eigenvalue weighted by Gasteiger charge is -2.20. The number of nitrogens with one attached hydrogen (secondary N) is 2. The van der Waals surface area contributed by atoms with Crippen LogP contribution in [0, 0.1) is 29.6 Å². The number of para-hydroxylation sites is 5. The highest BCUT2D eigenvalue weighted by Gasteiger charge is 2.25. The number of hydrogen-bond acceptors (Lipinski definition) is 20. The second-order valence-electron chi connectivity index (χ2n) is 31.2. The topological polar surface area (TPSA) is 317 Å². The largest absolute Gasteiger partial charge is 0.382 e. The van der Waals surface area contributed by atoms with Crippen LogP contribution in [0.25, 0.3) is 110 Å². The van der Waals surface area contributed by atoms with Crippen molar-refractivity contribution in [2.24, 2.45) is 29.6 Å².